The molecule has 1 aromatic heterocycles. The van der Waals surface area contributed by atoms with Crippen LogP contribution in [0.5, 0.6) is 22.3 Å². The summed E-state index contributed by atoms with van der Waals surface area (Å²) >= 11 is 1.12. The predicted molar refractivity (Wildman–Crippen MR) is 134 cm³/mol. The van der Waals surface area contributed by atoms with Crippen molar-refractivity contribution < 1.29 is 34.0 Å². The number of aryl methyl sites for hydroxylation is 1. The highest BCUT2D eigenvalue weighted by atomic mass is 32.1. The number of carboxylic acid groups (broad SMARTS) is 1. The third-order valence-electron chi connectivity index (χ3n) is 5.28. The van der Waals surface area contributed by atoms with Crippen LogP contribution in [0.4, 0.5) is 4.79 Å². The molecule has 8 nitrogen and oxygen atoms in total. The molecule has 0 unspecified atom stereocenters. The lowest BCUT2D eigenvalue weighted by atomic mass is 10.1. The summed E-state index contributed by atoms with van der Waals surface area (Å²) in [6.45, 7) is 4.28. The van der Waals surface area contributed by atoms with Gasteiger partial charge in [0.15, 0.2) is 16.3 Å². The topological polar surface area (TPSA) is 119 Å². The number of Topliss-reactive ketones (excluding diaryl/α,β-unsaturated/α-hetero) is 1. The summed E-state index contributed by atoms with van der Waals surface area (Å²) in [5.74, 6) is 0.703. The largest absolute Gasteiger partial charge is 0.512 e. The Hall–Kier alpha value is -3.59. The van der Waals surface area contributed by atoms with Crippen molar-refractivity contribution in [3.63, 3.8) is 0 Å². The highest BCUT2D eigenvalue weighted by Gasteiger charge is 2.15. The molecule has 2 aromatic carbocycles. The van der Waals surface area contributed by atoms with Gasteiger partial charge in [0.05, 0.1) is 13.2 Å². The fourth-order valence-corrected chi connectivity index (χ4v) is 4.82. The van der Waals surface area contributed by atoms with Gasteiger partial charge < -0.3 is 24.4 Å². The van der Waals surface area contributed by atoms with E-state index in [4.69, 9.17) is 19.3 Å². The van der Waals surface area contributed by atoms with E-state index in [-0.39, 0.29) is 27.6 Å². The van der Waals surface area contributed by atoms with Gasteiger partial charge in [0.25, 0.3) is 0 Å². The summed E-state index contributed by atoms with van der Waals surface area (Å²) < 4.78 is 17.1. The molecule has 0 saturated carbocycles. The van der Waals surface area contributed by atoms with Crippen LogP contribution in [0.3, 0.4) is 0 Å². The molecule has 0 amide bonds. The summed E-state index contributed by atoms with van der Waals surface area (Å²) in [6.07, 6.45) is 2.38. The smallest absolute Gasteiger partial charge is 0.507 e. The first-order valence-electron chi connectivity index (χ1n) is 11.4. The van der Waals surface area contributed by atoms with Gasteiger partial charge in [0, 0.05) is 21.7 Å². The number of benzene rings is 2. The number of unbranched alkanes of at least 4 members (excludes halogenated alkanes) is 2. The van der Waals surface area contributed by atoms with Crippen LogP contribution in [0.25, 0.3) is 10.1 Å². The van der Waals surface area contributed by atoms with Crippen molar-refractivity contribution in [3.05, 3.63) is 57.7 Å². The number of carbonyl (C=O) groups is 2. The van der Waals surface area contributed by atoms with Crippen molar-refractivity contribution in [2.75, 3.05) is 13.2 Å². The van der Waals surface area contributed by atoms with Crippen LogP contribution in [-0.2, 0) is 6.42 Å². The first kappa shape index (κ1) is 26.0. The van der Waals surface area contributed by atoms with Gasteiger partial charge in [-0.25, -0.2) is 4.79 Å². The van der Waals surface area contributed by atoms with Gasteiger partial charge in [-0.3, -0.25) is 9.59 Å². The van der Waals surface area contributed by atoms with Crippen LogP contribution >= 0.6 is 11.3 Å². The summed E-state index contributed by atoms with van der Waals surface area (Å²) in [5, 5.41) is 19.3. The number of hydrogen-bond donors (Lipinski definition) is 2. The van der Waals surface area contributed by atoms with Gasteiger partial charge in [0.2, 0.25) is 0 Å². The van der Waals surface area contributed by atoms with Gasteiger partial charge in [-0.15, -0.1) is 0 Å². The molecule has 3 aromatic rings. The van der Waals surface area contributed by atoms with Crippen molar-refractivity contribution in [2.45, 2.75) is 46.0 Å². The van der Waals surface area contributed by atoms with E-state index in [2.05, 4.69) is 0 Å². The van der Waals surface area contributed by atoms with Crippen LogP contribution in [-0.4, -0.2) is 35.4 Å². The van der Waals surface area contributed by atoms with E-state index in [0.717, 1.165) is 42.6 Å². The lowest BCUT2D eigenvalue weighted by molar-refractivity contribution is 0.101. The van der Waals surface area contributed by atoms with Crippen LogP contribution in [0, 0.1) is 0 Å². The average Bonchev–Trinajstić information content (AvgIpc) is 2.79. The monoisotopic (exact) mass is 500 g/mol. The second-order valence-corrected chi connectivity index (χ2v) is 8.95. The van der Waals surface area contributed by atoms with Crippen LogP contribution in [0.1, 0.15) is 55.5 Å². The molecule has 0 aliphatic rings. The van der Waals surface area contributed by atoms with Crippen molar-refractivity contribution in [1.29, 1.82) is 0 Å². The number of ketones is 1. The number of phenolic OH excluding ortho intramolecular Hbond substituents is 1. The molecule has 1 heterocycles. The summed E-state index contributed by atoms with van der Waals surface area (Å²) in [6, 6.07) is 9.43. The molecular formula is C26H28O8S. The van der Waals surface area contributed by atoms with E-state index in [9.17, 15) is 19.5 Å². The van der Waals surface area contributed by atoms with Crippen molar-refractivity contribution in [2.24, 2.45) is 0 Å². The Balaban J connectivity index is 1.59. The standard InChI is InChI=1S/C26H28O8S/c1-3-8-18-21(12-11-17-20(29)15-23(34-26(30)31)35-25(17)18)32-13-5-4-6-14-33-22-10-7-9-19(28)24(22)16(2)27/h7,9-12,15,28H,3-6,8,13-14H2,1-2H3,(H,30,31). The number of aromatic hydroxyl groups is 1. The lowest BCUT2D eigenvalue weighted by Gasteiger charge is -2.14. The number of carbonyl (C=O) groups excluding carboxylic acids is 1. The second kappa shape index (κ2) is 12.2. The third kappa shape index (κ3) is 6.73. The molecule has 0 atom stereocenters. The van der Waals surface area contributed by atoms with Crippen molar-refractivity contribution >= 4 is 33.4 Å². The fourth-order valence-electron chi connectivity index (χ4n) is 3.73. The van der Waals surface area contributed by atoms with Gasteiger partial charge in [-0.2, -0.15) is 0 Å². The zero-order valence-corrected chi connectivity index (χ0v) is 20.5. The minimum Gasteiger partial charge on any atom is -0.507 e. The highest BCUT2D eigenvalue weighted by molar-refractivity contribution is 7.20. The minimum absolute atomic E-state index is 0.0316. The molecule has 0 aliphatic carbocycles. The van der Waals surface area contributed by atoms with E-state index in [0.29, 0.717) is 41.2 Å². The van der Waals surface area contributed by atoms with E-state index < -0.39 is 6.16 Å². The summed E-state index contributed by atoms with van der Waals surface area (Å²) in [5.41, 5.74) is 0.764. The van der Waals surface area contributed by atoms with Crippen molar-refractivity contribution in [3.8, 4) is 22.3 Å². The van der Waals surface area contributed by atoms with Crippen LogP contribution < -0.4 is 19.6 Å². The van der Waals surface area contributed by atoms with E-state index in [1.54, 1.807) is 24.3 Å². The zero-order chi connectivity index (χ0) is 25.4. The molecule has 0 fully saturated rings. The SMILES string of the molecule is CCCc1c(OCCCCCOc2cccc(O)c2C(C)=O)ccc2c(=O)cc(OC(=O)O)sc12. The Morgan fingerprint density at radius 1 is 1.00 bits per heavy atom. The molecule has 0 bridgehead atoms. The predicted octanol–water partition coefficient (Wildman–Crippen LogP) is 5.81. The maximum absolute atomic E-state index is 12.4. The lowest BCUT2D eigenvalue weighted by Crippen LogP contribution is -2.08. The number of phenols is 1. The maximum Gasteiger partial charge on any atom is 0.512 e. The molecule has 3 rings (SSSR count). The Kier molecular flexibility index (Phi) is 9.08. The normalized spacial score (nSPS) is 10.8. The minimum atomic E-state index is -1.46. The Labute approximate surface area is 206 Å². The van der Waals surface area contributed by atoms with Gasteiger partial charge >= 0.3 is 6.16 Å². The number of ether oxygens (including phenoxy) is 3. The van der Waals surface area contributed by atoms with Crippen LogP contribution in [0.15, 0.2) is 41.2 Å². The Morgan fingerprint density at radius 2 is 1.71 bits per heavy atom. The first-order chi connectivity index (χ1) is 16.8. The Bertz CT molecular complexity index is 1260. The maximum atomic E-state index is 12.4. The third-order valence-corrected chi connectivity index (χ3v) is 6.36. The summed E-state index contributed by atoms with van der Waals surface area (Å²) in [7, 11) is 0. The molecule has 0 radical (unpaired) electrons. The van der Waals surface area contributed by atoms with Crippen molar-refractivity contribution in [1.82, 2.24) is 0 Å². The van der Waals surface area contributed by atoms with Gasteiger partial charge in [-0.1, -0.05) is 30.7 Å². The average molecular weight is 501 g/mol. The number of hydrogen-bond acceptors (Lipinski definition) is 8. The number of fused-ring (bicyclic) bond motifs is 1. The zero-order valence-electron chi connectivity index (χ0n) is 19.7. The van der Waals surface area contributed by atoms with Gasteiger partial charge in [0.1, 0.15) is 22.8 Å². The number of rotatable bonds is 12. The van der Waals surface area contributed by atoms with E-state index in [1.165, 1.54) is 19.1 Å². The van der Waals surface area contributed by atoms with Gasteiger partial charge in [-0.05, 0) is 56.9 Å². The molecule has 2 N–H and O–H groups in total. The quantitative estimate of drug-likeness (QED) is 0.182. The molecule has 9 heteroatoms. The van der Waals surface area contributed by atoms with E-state index >= 15 is 0 Å². The highest BCUT2D eigenvalue weighted by Crippen LogP contribution is 2.34. The van der Waals surface area contributed by atoms with Crippen LogP contribution in [0.2, 0.25) is 0 Å². The Morgan fingerprint density at radius 3 is 2.37 bits per heavy atom. The molecule has 186 valence electrons. The molecule has 0 spiro atoms. The van der Waals surface area contributed by atoms with E-state index in [1.807, 2.05) is 6.92 Å². The summed E-state index contributed by atoms with van der Waals surface area (Å²) in [4.78, 5) is 35.1. The molecule has 35 heavy (non-hydrogen) atoms. The molecule has 0 aliphatic heterocycles. The second-order valence-electron chi connectivity index (χ2n) is 7.93. The molecular weight excluding hydrogens is 472 g/mol. The molecule has 0 saturated heterocycles. The fraction of sp³-hybridized carbons (Fsp3) is 0.346. The first-order valence-corrected chi connectivity index (χ1v) is 12.2.